The van der Waals surface area contributed by atoms with Crippen LogP contribution in [0.25, 0.3) is 0 Å². The Labute approximate surface area is 175 Å². The van der Waals surface area contributed by atoms with Crippen LogP contribution in [-0.4, -0.2) is 40.5 Å². The number of aliphatic hydroxyl groups excluding tert-OH is 1. The Balaban J connectivity index is 1.56. The van der Waals surface area contributed by atoms with Gasteiger partial charge >= 0.3 is 7.75 Å². The number of hydrogen-bond acceptors (Lipinski definition) is 5. The normalized spacial score (nSPS) is 29.2. The van der Waals surface area contributed by atoms with Crippen LogP contribution in [0.3, 0.4) is 0 Å². The Morgan fingerprint density at radius 1 is 1.23 bits per heavy atom. The highest BCUT2D eigenvalue weighted by Crippen LogP contribution is 2.58. The largest absolute Gasteiger partial charge is 0.493 e. The van der Waals surface area contributed by atoms with Crippen molar-refractivity contribution >= 4 is 7.75 Å². The number of rotatable bonds is 4. The maximum atomic E-state index is 13.2. The molecule has 0 aromatic heterocycles. The van der Waals surface area contributed by atoms with E-state index in [2.05, 4.69) is 0 Å². The smallest absolute Gasteiger partial charge is 0.459 e. The van der Waals surface area contributed by atoms with Gasteiger partial charge in [0.05, 0.1) is 18.6 Å². The summed E-state index contributed by atoms with van der Waals surface area (Å²) >= 11 is 0. The molecule has 2 aromatic rings. The molecular weight excluding hydrogens is 405 g/mol. The standard InChI is InChI=1S/C22H24NO6P/c1-27-18-8-7-15-14-23(30(25,26)29-17-5-3-2-4-6-17)12-11-22-10-9-16(24)13-19(22)28-21(18)20(15)22/h2-10,16,19,24H,11-14H2,1H3,(H,25,26). The van der Waals surface area contributed by atoms with Crippen LogP contribution in [0.2, 0.25) is 0 Å². The average molecular weight is 429 g/mol. The summed E-state index contributed by atoms with van der Waals surface area (Å²) in [6.07, 6.45) is 4.00. The molecule has 0 fully saturated rings. The molecule has 7 nitrogen and oxygen atoms in total. The van der Waals surface area contributed by atoms with Crippen LogP contribution in [0, 0.1) is 0 Å². The van der Waals surface area contributed by atoms with Gasteiger partial charge in [0.1, 0.15) is 11.9 Å². The molecule has 0 radical (unpaired) electrons. The molecule has 158 valence electrons. The molecular formula is C22H24NO6P. The summed E-state index contributed by atoms with van der Waals surface area (Å²) in [5.74, 6) is 1.65. The SMILES string of the molecule is COc1ccc2c3c1OC1CC(O)C=CC31CCN(P(=O)(O)Oc1ccccc1)C2. The van der Waals surface area contributed by atoms with E-state index in [9.17, 15) is 14.6 Å². The van der Waals surface area contributed by atoms with Crippen LogP contribution < -0.4 is 14.0 Å². The van der Waals surface area contributed by atoms with Gasteiger partial charge in [0, 0.05) is 25.1 Å². The van der Waals surface area contributed by atoms with Gasteiger partial charge in [0.25, 0.3) is 0 Å². The first-order chi connectivity index (χ1) is 14.4. The van der Waals surface area contributed by atoms with Gasteiger partial charge in [-0.25, -0.2) is 4.57 Å². The number of benzene rings is 2. The van der Waals surface area contributed by atoms with Crippen molar-refractivity contribution in [3.05, 3.63) is 65.7 Å². The fraction of sp³-hybridized carbons (Fsp3) is 0.364. The van der Waals surface area contributed by atoms with E-state index >= 15 is 0 Å². The van der Waals surface area contributed by atoms with Gasteiger partial charge in [0.2, 0.25) is 0 Å². The molecule has 4 unspecified atom stereocenters. The predicted molar refractivity (Wildman–Crippen MR) is 111 cm³/mol. The van der Waals surface area contributed by atoms with Gasteiger partial charge in [-0.3, -0.25) is 0 Å². The van der Waals surface area contributed by atoms with Crippen molar-refractivity contribution in [1.82, 2.24) is 4.67 Å². The lowest BCUT2D eigenvalue weighted by atomic mass is 9.69. The Kier molecular flexibility index (Phi) is 4.67. The van der Waals surface area contributed by atoms with E-state index in [1.54, 1.807) is 37.5 Å². The summed E-state index contributed by atoms with van der Waals surface area (Å²) in [5, 5.41) is 10.2. The highest BCUT2D eigenvalue weighted by molar-refractivity contribution is 7.50. The molecule has 0 amide bonds. The fourth-order valence-electron chi connectivity index (χ4n) is 4.81. The van der Waals surface area contributed by atoms with Crippen LogP contribution in [0.15, 0.2) is 54.6 Å². The molecule has 1 spiro atoms. The first-order valence-corrected chi connectivity index (χ1v) is 11.5. The van der Waals surface area contributed by atoms with E-state index in [4.69, 9.17) is 14.0 Å². The van der Waals surface area contributed by atoms with Crippen molar-refractivity contribution in [2.24, 2.45) is 0 Å². The Morgan fingerprint density at radius 2 is 2.03 bits per heavy atom. The number of methoxy groups -OCH3 is 1. The van der Waals surface area contributed by atoms with Gasteiger partial charge in [-0.1, -0.05) is 36.4 Å². The molecule has 5 rings (SSSR count). The molecule has 0 saturated carbocycles. The maximum Gasteiger partial charge on any atom is 0.459 e. The monoisotopic (exact) mass is 429 g/mol. The third kappa shape index (κ3) is 3.05. The molecule has 2 aromatic carbocycles. The van der Waals surface area contributed by atoms with Crippen LogP contribution in [0.1, 0.15) is 24.0 Å². The van der Waals surface area contributed by atoms with Crippen LogP contribution in [0.5, 0.6) is 17.2 Å². The minimum atomic E-state index is -4.08. The van der Waals surface area contributed by atoms with Gasteiger partial charge in [0.15, 0.2) is 11.5 Å². The Bertz CT molecular complexity index is 1040. The van der Waals surface area contributed by atoms with E-state index in [-0.39, 0.29) is 12.6 Å². The summed E-state index contributed by atoms with van der Waals surface area (Å²) < 4.78 is 32.0. The van der Waals surface area contributed by atoms with Crippen molar-refractivity contribution in [3.63, 3.8) is 0 Å². The van der Waals surface area contributed by atoms with Gasteiger partial charge in [-0.05, 0) is 30.2 Å². The molecule has 8 heteroatoms. The summed E-state index contributed by atoms with van der Waals surface area (Å²) in [7, 11) is -2.49. The van der Waals surface area contributed by atoms with Gasteiger partial charge in [-0.15, -0.1) is 0 Å². The lowest BCUT2D eigenvalue weighted by molar-refractivity contribution is 0.0828. The molecule has 4 atom stereocenters. The topological polar surface area (TPSA) is 88.5 Å². The lowest BCUT2D eigenvalue weighted by Gasteiger charge is -2.36. The fourth-order valence-corrected chi connectivity index (χ4v) is 6.01. The second kappa shape index (κ2) is 7.13. The molecule has 3 aliphatic rings. The first kappa shape index (κ1) is 19.6. The van der Waals surface area contributed by atoms with E-state index in [1.807, 2.05) is 24.3 Å². The molecule has 0 bridgehead atoms. The third-order valence-corrected chi connectivity index (χ3v) is 7.77. The third-order valence-electron chi connectivity index (χ3n) is 6.26. The van der Waals surface area contributed by atoms with Gasteiger partial charge in [-0.2, -0.15) is 4.67 Å². The Hall–Kier alpha value is -2.31. The van der Waals surface area contributed by atoms with Crippen molar-refractivity contribution in [1.29, 1.82) is 0 Å². The molecule has 1 aliphatic carbocycles. The highest BCUT2D eigenvalue weighted by Gasteiger charge is 2.54. The van der Waals surface area contributed by atoms with Gasteiger partial charge < -0.3 is 24.0 Å². The zero-order valence-electron chi connectivity index (χ0n) is 16.6. The number of para-hydroxylation sites is 1. The first-order valence-electron chi connectivity index (χ1n) is 10.0. The van der Waals surface area contributed by atoms with Crippen molar-refractivity contribution in [2.45, 2.75) is 37.0 Å². The van der Waals surface area contributed by atoms with Crippen LogP contribution in [0.4, 0.5) is 0 Å². The predicted octanol–water partition coefficient (Wildman–Crippen LogP) is 3.40. The highest BCUT2D eigenvalue weighted by atomic mass is 31.2. The molecule has 30 heavy (non-hydrogen) atoms. The molecule has 2 N–H and O–H groups in total. The summed E-state index contributed by atoms with van der Waals surface area (Å²) in [5.41, 5.74) is 1.41. The van der Waals surface area contributed by atoms with Crippen molar-refractivity contribution in [2.75, 3.05) is 13.7 Å². The average Bonchev–Trinajstić information content (AvgIpc) is 2.95. The number of hydrogen-bond donors (Lipinski definition) is 2. The van der Waals surface area contributed by atoms with E-state index in [0.717, 1.165) is 11.1 Å². The lowest BCUT2D eigenvalue weighted by Crippen LogP contribution is -2.42. The summed E-state index contributed by atoms with van der Waals surface area (Å²) in [6.45, 7) is 0.596. The zero-order chi connectivity index (χ0) is 20.9. The molecule has 0 saturated heterocycles. The second-order valence-electron chi connectivity index (χ2n) is 7.97. The Morgan fingerprint density at radius 3 is 2.80 bits per heavy atom. The minimum absolute atomic E-state index is 0.251. The maximum absolute atomic E-state index is 13.2. The van der Waals surface area contributed by atoms with E-state index in [1.165, 1.54) is 4.67 Å². The quantitative estimate of drug-likeness (QED) is 0.569. The number of aliphatic hydroxyl groups is 1. The number of ether oxygens (including phenoxy) is 2. The van der Waals surface area contributed by atoms with E-state index < -0.39 is 19.3 Å². The zero-order valence-corrected chi connectivity index (χ0v) is 17.5. The second-order valence-corrected chi connectivity index (χ2v) is 9.70. The van der Waals surface area contributed by atoms with Crippen molar-refractivity contribution in [3.8, 4) is 17.2 Å². The van der Waals surface area contributed by atoms with E-state index in [0.29, 0.717) is 36.6 Å². The summed E-state index contributed by atoms with van der Waals surface area (Å²) in [6, 6.07) is 12.4. The summed E-state index contributed by atoms with van der Waals surface area (Å²) in [4.78, 5) is 10.8. The van der Waals surface area contributed by atoms with Crippen LogP contribution >= 0.6 is 7.75 Å². The molecule has 2 aliphatic heterocycles. The number of nitrogens with zero attached hydrogens (tertiary/aromatic N) is 1. The molecule has 2 heterocycles. The van der Waals surface area contributed by atoms with Crippen molar-refractivity contribution < 1.29 is 28.6 Å². The minimum Gasteiger partial charge on any atom is -0.493 e. The van der Waals surface area contributed by atoms with Crippen LogP contribution in [-0.2, 0) is 16.5 Å².